The number of hydrogen-bond donors (Lipinski definition) is 3. The molecule has 1 aromatic rings. The van der Waals surface area contributed by atoms with E-state index in [0.29, 0.717) is 17.3 Å². The van der Waals surface area contributed by atoms with Gasteiger partial charge in [0.25, 0.3) is 0 Å². The summed E-state index contributed by atoms with van der Waals surface area (Å²) in [5.41, 5.74) is 1.38. The third-order valence-corrected chi connectivity index (χ3v) is 4.29. The normalized spacial score (nSPS) is 21.2. The van der Waals surface area contributed by atoms with Crippen molar-refractivity contribution in [3.05, 3.63) is 28.8 Å². The molecule has 0 heterocycles. The maximum absolute atomic E-state index is 11.9. The molecule has 22 heavy (non-hydrogen) atoms. The molecule has 120 valence electrons. The first-order valence-electron chi connectivity index (χ1n) is 7.51. The number of hydrogen-bond acceptors (Lipinski definition) is 3. The smallest absolute Gasteiger partial charge is 0.313 e. The Morgan fingerprint density at radius 3 is 2.68 bits per heavy atom. The maximum Gasteiger partial charge on any atom is 0.313 e. The third-order valence-electron chi connectivity index (χ3n) is 3.97. The van der Waals surface area contributed by atoms with Gasteiger partial charge in [0.15, 0.2) is 0 Å². The molecule has 2 rings (SSSR count). The first-order chi connectivity index (χ1) is 10.5. The van der Waals surface area contributed by atoms with Crippen LogP contribution in [-0.2, 0) is 9.59 Å². The Hall–Kier alpha value is -1.59. The van der Waals surface area contributed by atoms with Gasteiger partial charge in [-0.2, -0.15) is 0 Å². The molecule has 0 aliphatic heterocycles. The van der Waals surface area contributed by atoms with E-state index in [1.807, 2.05) is 6.92 Å². The lowest BCUT2D eigenvalue weighted by Crippen LogP contribution is -2.41. The van der Waals surface area contributed by atoms with E-state index in [9.17, 15) is 14.7 Å². The summed E-state index contributed by atoms with van der Waals surface area (Å²) in [6.07, 6.45) is 3.28. The topological polar surface area (TPSA) is 78.4 Å². The molecule has 0 radical (unpaired) electrons. The monoisotopic (exact) mass is 324 g/mol. The van der Waals surface area contributed by atoms with Crippen LogP contribution in [0.2, 0.25) is 5.02 Å². The molecule has 1 saturated carbocycles. The number of rotatable bonds is 3. The lowest BCUT2D eigenvalue weighted by Gasteiger charge is -2.27. The number of anilines is 1. The molecule has 0 unspecified atom stereocenters. The zero-order chi connectivity index (χ0) is 16.1. The number of carbonyl (C=O) groups is 2. The largest absolute Gasteiger partial charge is 0.393 e. The molecular formula is C16H21ClN2O3. The summed E-state index contributed by atoms with van der Waals surface area (Å²) in [7, 11) is 0. The average Bonchev–Trinajstić information content (AvgIpc) is 2.49. The minimum absolute atomic E-state index is 0.0217. The molecule has 2 atom stereocenters. The maximum atomic E-state index is 11.9. The molecule has 1 fully saturated rings. The first kappa shape index (κ1) is 16.8. The summed E-state index contributed by atoms with van der Waals surface area (Å²) in [5.74, 6) is -1.45. The summed E-state index contributed by atoms with van der Waals surface area (Å²) in [6.45, 7) is 2.20. The van der Waals surface area contributed by atoms with Crippen molar-refractivity contribution in [1.29, 1.82) is 0 Å². The molecule has 6 heteroatoms. The molecule has 0 bridgehead atoms. The van der Waals surface area contributed by atoms with Crippen LogP contribution in [0.1, 0.15) is 31.2 Å². The zero-order valence-electron chi connectivity index (χ0n) is 12.6. The number of nitrogens with one attached hydrogen (secondary N) is 2. The summed E-state index contributed by atoms with van der Waals surface area (Å²) >= 11 is 6.02. The number of halogens is 1. The number of amides is 2. The van der Waals surface area contributed by atoms with Gasteiger partial charge in [0.2, 0.25) is 0 Å². The van der Waals surface area contributed by atoms with Crippen LogP contribution in [0.15, 0.2) is 18.2 Å². The second-order valence-corrected chi connectivity index (χ2v) is 6.17. The van der Waals surface area contributed by atoms with E-state index in [4.69, 9.17) is 11.6 Å². The first-order valence-corrected chi connectivity index (χ1v) is 7.88. The summed E-state index contributed by atoms with van der Waals surface area (Å²) < 4.78 is 0. The van der Waals surface area contributed by atoms with Crippen LogP contribution in [0.4, 0.5) is 5.69 Å². The van der Waals surface area contributed by atoms with Crippen LogP contribution in [0.25, 0.3) is 0 Å². The Kier molecular flexibility index (Phi) is 5.80. The zero-order valence-corrected chi connectivity index (χ0v) is 13.3. The molecule has 0 aromatic heterocycles. The molecule has 1 aliphatic rings. The minimum Gasteiger partial charge on any atom is -0.393 e. The Morgan fingerprint density at radius 1 is 1.27 bits per heavy atom. The number of aliphatic hydroxyl groups excluding tert-OH is 1. The van der Waals surface area contributed by atoms with Crippen LogP contribution in [0, 0.1) is 12.8 Å². The molecule has 5 nitrogen and oxygen atoms in total. The van der Waals surface area contributed by atoms with Crippen LogP contribution in [0.3, 0.4) is 0 Å². The predicted octanol–water partition coefficient (Wildman–Crippen LogP) is 2.25. The van der Waals surface area contributed by atoms with Gasteiger partial charge in [-0.05, 0) is 37.5 Å². The van der Waals surface area contributed by atoms with Crippen LogP contribution in [0.5, 0.6) is 0 Å². The van der Waals surface area contributed by atoms with E-state index in [0.717, 1.165) is 31.2 Å². The van der Waals surface area contributed by atoms with E-state index in [-0.39, 0.29) is 5.92 Å². The van der Waals surface area contributed by atoms with E-state index in [1.54, 1.807) is 18.2 Å². The average molecular weight is 325 g/mol. The molecule has 1 aromatic carbocycles. The third kappa shape index (κ3) is 4.45. The van der Waals surface area contributed by atoms with Gasteiger partial charge in [0.05, 0.1) is 16.8 Å². The Balaban J connectivity index is 1.85. The molecule has 2 amide bonds. The highest BCUT2D eigenvalue weighted by Crippen LogP contribution is 2.24. The Bertz CT molecular complexity index is 562. The fourth-order valence-corrected chi connectivity index (χ4v) is 2.91. The fraction of sp³-hybridized carbons (Fsp3) is 0.500. The van der Waals surface area contributed by atoms with Gasteiger partial charge in [-0.1, -0.05) is 30.5 Å². The molecule has 0 saturated heterocycles. The Morgan fingerprint density at radius 2 is 2.00 bits per heavy atom. The number of aryl methyl sites for hydroxylation is 1. The quantitative estimate of drug-likeness (QED) is 0.746. The van der Waals surface area contributed by atoms with Gasteiger partial charge in [-0.3, -0.25) is 9.59 Å². The van der Waals surface area contributed by atoms with Gasteiger partial charge in [0, 0.05) is 12.5 Å². The van der Waals surface area contributed by atoms with Crippen molar-refractivity contribution < 1.29 is 14.7 Å². The van der Waals surface area contributed by atoms with E-state index >= 15 is 0 Å². The summed E-state index contributed by atoms with van der Waals surface area (Å²) in [6, 6.07) is 5.18. The lowest BCUT2D eigenvalue weighted by molar-refractivity contribution is -0.136. The highest BCUT2D eigenvalue weighted by Gasteiger charge is 2.24. The van der Waals surface area contributed by atoms with Gasteiger partial charge in [0.1, 0.15) is 0 Å². The molecule has 1 aliphatic carbocycles. The van der Waals surface area contributed by atoms with Crippen molar-refractivity contribution in [2.24, 2.45) is 5.92 Å². The summed E-state index contributed by atoms with van der Waals surface area (Å²) in [4.78, 5) is 23.7. The van der Waals surface area contributed by atoms with Crippen molar-refractivity contribution in [3.8, 4) is 0 Å². The van der Waals surface area contributed by atoms with Gasteiger partial charge >= 0.3 is 11.8 Å². The highest BCUT2D eigenvalue weighted by atomic mass is 35.5. The van der Waals surface area contributed by atoms with E-state index in [2.05, 4.69) is 10.6 Å². The van der Waals surface area contributed by atoms with Gasteiger partial charge in [-0.15, -0.1) is 0 Å². The SMILES string of the molecule is Cc1ccc(NC(=O)C(=O)NC[C@H]2CCCC[C@@H]2O)c(Cl)c1. The van der Waals surface area contributed by atoms with Crippen LogP contribution < -0.4 is 10.6 Å². The number of carbonyl (C=O) groups excluding carboxylic acids is 2. The minimum atomic E-state index is -0.754. The fourth-order valence-electron chi connectivity index (χ4n) is 2.63. The van der Waals surface area contributed by atoms with Crippen LogP contribution >= 0.6 is 11.6 Å². The van der Waals surface area contributed by atoms with Gasteiger partial charge < -0.3 is 15.7 Å². The van der Waals surface area contributed by atoms with Crippen molar-refractivity contribution >= 4 is 29.1 Å². The second kappa shape index (κ2) is 7.61. The van der Waals surface area contributed by atoms with Crippen molar-refractivity contribution in [2.45, 2.75) is 38.7 Å². The standard InChI is InChI=1S/C16H21ClN2O3/c1-10-6-7-13(12(17)8-10)19-16(22)15(21)18-9-11-4-2-3-5-14(11)20/h6-8,11,14,20H,2-5,9H2,1H3,(H,18,21)(H,19,22)/t11-,14+/m1/s1. The van der Waals surface area contributed by atoms with Gasteiger partial charge in [-0.25, -0.2) is 0 Å². The van der Waals surface area contributed by atoms with Crippen molar-refractivity contribution in [1.82, 2.24) is 5.32 Å². The van der Waals surface area contributed by atoms with Crippen molar-refractivity contribution in [2.75, 3.05) is 11.9 Å². The highest BCUT2D eigenvalue weighted by molar-refractivity contribution is 6.41. The Labute approximate surface area is 135 Å². The van der Waals surface area contributed by atoms with Crippen LogP contribution in [-0.4, -0.2) is 29.6 Å². The number of benzene rings is 1. The lowest BCUT2D eigenvalue weighted by atomic mass is 9.86. The summed E-state index contributed by atoms with van der Waals surface area (Å²) in [5, 5.41) is 15.3. The second-order valence-electron chi connectivity index (χ2n) is 5.76. The van der Waals surface area contributed by atoms with E-state index in [1.165, 1.54) is 0 Å². The number of aliphatic hydroxyl groups is 1. The van der Waals surface area contributed by atoms with E-state index < -0.39 is 17.9 Å². The molecule has 0 spiro atoms. The van der Waals surface area contributed by atoms with Crippen molar-refractivity contribution in [3.63, 3.8) is 0 Å². The predicted molar refractivity (Wildman–Crippen MR) is 85.8 cm³/mol. The molecule has 3 N–H and O–H groups in total. The molecular weight excluding hydrogens is 304 g/mol.